The summed E-state index contributed by atoms with van der Waals surface area (Å²) in [7, 11) is 0. The average molecular weight is 321 g/mol. The van der Waals surface area contributed by atoms with E-state index >= 15 is 0 Å². The van der Waals surface area contributed by atoms with Crippen molar-refractivity contribution in [3.8, 4) is 5.75 Å². The summed E-state index contributed by atoms with van der Waals surface area (Å²) in [6.07, 6.45) is 0. The van der Waals surface area contributed by atoms with Crippen LogP contribution in [0, 0.1) is 0 Å². The fraction of sp³-hybridized carbons (Fsp3) is 0.588. The SMILES string of the molecule is CCOc1cccc([C@H](C)NC(=O)NCCN2CCOCC2)c1. The second-order valence-corrected chi connectivity index (χ2v) is 5.58. The van der Waals surface area contributed by atoms with Gasteiger partial charge in [-0.1, -0.05) is 12.1 Å². The Bertz CT molecular complexity index is 490. The molecule has 0 aliphatic carbocycles. The molecule has 128 valence electrons. The second kappa shape index (κ2) is 9.37. The van der Waals surface area contributed by atoms with Gasteiger partial charge in [0, 0.05) is 26.2 Å². The Morgan fingerprint density at radius 2 is 2.17 bits per heavy atom. The quantitative estimate of drug-likeness (QED) is 0.803. The topological polar surface area (TPSA) is 62.8 Å². The van der Waals surface area contributed by atoms with Crippen molar-refractivity contribution in [1.82, 2.24) is 15.5 Å². The van der Waals surface area contributed by atoms with Crippen molar-refractivity contribution in [1.29, 1.82) is 0 Å². The Morgan fingerprint density at radius 1 is 1.39 bits per heavy atom. The highest BCUT2D eigenvalue weighted by Gasteiger charge is 2.12. The fourth-order valence-electron chi connectivity index (χ4n) is 2.52. The van der Waals surface area contributed by atoms with Gasteiger partial charge in [-0.25, -0.2) is 4.79 Å². The van der Waals surface area contributed by atoms with Gasteiger partial charge in [-0.2, -0.15) is 0 Å². The summed E-state index contributed by atoms with van der Waals surface area (Å²) < 4.78 is 10.8. The van der Waals surface area contributed by atoms with Crippen LogP contribution in [0.3, 0.4) is 0 Å². The van der Waals surface area contributed by atoms with E-state index in [0.717, 1.165) is 44.2 Å². The van der Waals surface area contributed by atoms with Crippen molar-refractivity contribution < 1.29 is 14.3 Å². The van der Waals surface area contributed by atoms with Gasteiger partial charge in [-0.3, -0.25) is 4.90 Å². The van der Waals surface area contributed by atoms with E-state index in [0.29, 0.717) is 13.2 Å². The lowest BCUT2D eigenvalue weighted by atomic mass is 10.1. The first-order valence-corrected chi connectivity index (χ1v) is 8.26. The molecule has 1 aromatic rings. The zero-order valence-electron chi connectivity index (χ0n) is 14.0. The maximum absolute atomic E-state index is 12.0. The van der Waals surface area contributed by atoms with Gasteiger partial charge in [0.25, 0.3) is 0 Å². The summed E-state index contributed by atoms with van der Waals surface area (Å²) in [5.74, 6) is 0.825. The molecule has 1 aromatic carbocycles. The van der Waals surface area contributed by atoms with E-state index in [1.807, 2.05) is 38.1 Å². The Kier molecular flexibility index (Phi) is 7.16. The third-order valence-corrected chi connectivity index (χ3v) is 3.83. The van der Waals surface area contributed by atoms with Crippen molar-refractivity contribution in [2.24, 2.45) is 0 Å². The zero-order valence-corrected chi connectivity index (χ0v) is 14.0. The molecule has 1 heterocycles. The molecule has 6 nitrogen and oxygen atoms in total. The molecule has 1 aliphatic heterocycles. The molecule has 0 bridgehead atoms. The van der Waals surface area contributed by atoms with Gasteiger partial charge in [0.15, 0.2) is 0 Å². The lowest BCUT2D eigenvalue weighted by molar-refractivity contribution is 0.0387. The number of amides is 2. The first-order chi connectivity index (χ1) is 11.2. The molecule has 0 aromatic heterocycles. The number of benzene rings is 1. The van der Waals surface area contributed by atoms with Crippen LogP contribution in [0.25, 0.3) is 0 Å². The molecule has 1 atom stereocenters. The van der Waals surface area contributed by atoms with Gasteiger partial charge in [0.2, 0.25) is 0 Å². The molecule has 1 fully saturated rings. The highest BCUT2D eigenvalue weighted by molar-refractivity contribution is 5.74. The standard InChI is InChI=1S/C17H27N3O3/c1-3-23-16-6-4-5-15(13-16)14(2)19-17(21)18-7-8-20-9-11-22-12-10-20/h4-6,13-14H,3,7-12H2,1-2H3,(H2,18,19,21)/t14-/m0/s1. The van der Waals surface area contributed by atoms with E-state index in [4.69, 9.17) is 9.47 Å². The van der Waals surface area contributed by atoms with Crippen LogP contribution in [0.15, 0.2) is 24.3 Å². The number of nitrogens with zero attached hydrogens (tertiary/aromatic N) is 1. The predicted octanol–water partition coefficient (Wildman–Crippen LogP) is 1.78. The summed E-state index contributed by atoms with van der Waals surface area (Å²) in [4.78, 5) is 14.3. The van der Waals surface area contributed by atoms with Gasteiger partial charge in [-0.15, -0.1) is 0 Å². The Morgan fingerprint density at radius 3 is 2.91 bits per heavy atom. The van der Waals surface area contributed by atoms with Crippen molar-refractivity contribution in [2.45, 2.75) is 19.9 Å². The summed E-state index contributed by atoms with van der Waals surface area (Å²) in [6, 6.07) is 7.59. The first kappa shape index (κ1) is 17.6. The molecular weight excluding hydrogens is 294 g/mol. The molecule has 6 heteroatoms. The molecule has 0 radical (unpaired) electrons. The molecule has 1 saturated heterocycles. The summed E-state index contributed by atoms with van der Waals surface area (Å²) >= 11 is 0. The number of carbonyl (C=O) groups excluding carboxylic acids is 1. The zero-order chi connectivity index (χ0) is 16.5. The molecule has 23 heavy (non-hydrogen) atoms. The van der Waals surface area contributed by atoms with Crippen LogP contribution in [0.4, 0.5) is 4.79 Å². The number of morpholine rings is 1. The van der Waals surface area contributed by atoms with Crippen LogP contribution >= 0.6 is 0 Å². The van der Waals surface area contributed by atoms with E-state index in [1.165, 1.54) is 0 Å². The van der Waals surface area contributed by atoms with Gasteiger partial charge in [0.1, 0.15) is 5.75 Å². The summed E-state index contributed by atoms with van der Waals surface area (Å²) in [5.41, 5.74) is 1.03. The minimum Gasteiger partial charge on any atom is -0.494 e. The normalized spacial score (nSPS) is 16.6. The van der Waals surface area contributed by atoms with Crippen LogP contribution in [0.5, 0.6) is 5.75 Å². The first-order valence-electron chi connectivity index (χ1n) is 8.26. The molecule has 1 aliphatic rings. The monoisotopic (exact) mass is 321 g/mol. The maximum atomic E-state index is 12.0. The highest BCUT2D eigenvalue weighted by atomic mass is 16.5. The number of ether oxygens (including phenoxy) is 2. The van der Waals surface area contributed by atoms with Crippen molar-refractivity contribution in [3.05, 3.63) is 29.8 Å². The van der Waals surface area contributed by atoms with Crippen molar-refractivity contribution >= 4 is 6.03 Å². The molecule has 2 rings (SSSR count). The number of carbonyl (C=O) groups is 1. The van der Waals surface area contributed by atoms with Crippen LogP contribution in [-0.2, 0) is 4.74 Å². The third kappa shape index (κ3) is 6.08. The van der Waals surface area contributed by atoms with Crippen LogP contribution in [-0.4, -0.2) is 56.9 Å². The average Bonchev–Trinajstić information content (AvgIpc) is 2.56. The molecule has 0 spiro atoms. The minimum absolute atomic E-state index is 0.0706. The Balaban J connectivity index is 1.72. The molecular formula is C17H27N3O3. The number of urea groups is 1. The number of hydrogen-bond acceptors (Lipinski definition) is 4. The lowest BCUT2D eigenvalue weighted by Crippen LogP contribution is -2.44. The number of hydrogen-bond donors (Lipinski definition) is 2. The van der Waals surface area contributed by atoms with E-state index in [-0.39, 0.29) is 12.1 Å². The molecule has 0 unspecified atom stereocenters. The van der Waals surface area contributed by atoms with Crippen molar-refractivity contribution in [2.75, 3.05) is 46.0 Å². The predicted molar refractivity (Wildman–Crippen MR) is 89.8 cm³/mol. The Hall–Kier alpha value is -1.79. The van der Waals surface area contributed by atoms with E-state index in [9.17, 15) is 4.79 Å². The third-order valence-electron chi connectivity index (χ3n) is 3.83. The van der Waals surface area contributed by atoms with Crippen LogP contribution < -0.4 is 15.4 Å². The highest BCUT2D eigenvalue weighted by Crippen LogP contribution is 2.18. The smallest absolute Gasteiger partial charge is 0.315 e. The lowest BCUT2D eigenvalue weighted by Gasteiger charge is -2.26. The Labute approximate surface area is 138 Å². The van der Waals surface area contributed by atoms with E-state index < -0.39 is 0 Å². The summed E-state index contributed by atoms with van der Waals surface area (Å²) in [5, 5.41) is 5.86. The molecule has 2 amide bonds. The van der Waals surface area contributed by atoms with Crippen LogP contribution in [0.2, 0.25) is 0 Å². The fourth-order valence-corrected chi connectivity index (χ4v) is 2.52. The van der Waals surface area contributed by atoms with Crippen molar-refractivity contribution in [3.63, 3.8) is 0 Å². The van der Waals surface area contributed by atoms with Gasteiger partial charge in [0.05, 0.1) is 25.9 Å². The maximum Gasteiger partial charge on any atom is 0.315 e. The van der Waals surface area contributed by atoms with Gasteiger partial charge < -0.3 is 20.1 Å². The van der Waals surface area contributed by atoms with E-state index in [2.05, 4.69) is 15.5 Å². The molecule has 0 saturated carbocycles. The van der Waals surface area contributed by atoms with Crippen LogP contribution in [0.1, 0.15) is 25.5 Å². The largest absolute Gasteiger partial charge is 0.494 e. The number of rotatable bonds is 7. The number of nitrogens with one attached hydrogen (secondary N) is 2. The minimum atomic E-state index is -0.146. The van der Waals surface area contributed by atoms with Gasteiger partial charge in [-0.05, 0) is 31.5 Å². The van der Waals surface area contributed by atoms with E-state index in [1.54, 1.807) is 0 Å². The molecule has 2 N–H and O–H groups in total. The summed E-state index contributed by atoms with van der Waals surface area (Å²) in [6.45, 7) is 9.46. The second-order valence-electron chi connectivity index (χ2n) is 5.58. The van der Waals surface area contributed by atoms with Gasteiger partial charge >= 0.3 is 6.03 Å².